The number of nitrogens with zero attached hydrogens (tertiary/aromatic N) is 2. The first-order valence-corrected chi connectivity index (χ1v) is 10.4. The van der Waals surface area contributed by atoms with Gasteiger partial charge in [0.05, 0.1) is 13.2 Å². The van der Waals surface area contributed by atoms with E-state index in [2.05, 4.69) is 62.5 Å². The third kappa shape index (κ3) is 7.32. The van der Waals surface area contributed by atoms with Gasteiger partial charge in [-0.15, -0.1) is 0 Å². The molecule has 0 amide bonds. The fourth-order valence-electron chi connectivity index (χ4n) is 3.37. The number of hydrogen-bond acceptors (Lipinski definition) is 4. The normalized spacial score (nSPS) is 13.5. The number of nitrogens with one attached hydrogen (secondary N) is 2. The quantitative estimate of drug-likeness (QED) is 0.377. The Morgan fingerprint density at radius 3 is 2.46 bits per heavy atom. The zero-order chi connectivity index (χ0) is 21.0. The van der Waals surface area contributed by atoms with E-state index in [-0.39, 0.29) is 18.1 Å². The molecule has 0 spiro atoms. The molecule has 0 aliphatic heterocycles. The van der Waals surface area contributed by atoms with E-state index >= 15 is 0 Å². The van der Waals surface area contributed by atoms with Crippen LogP contribution in [0.25, 0.3) is 0 Å². The van der Waals surface area contributed by atoms with E-state index in [0.29, 0.717) is 6.54 Å². The molecule has 1 aromatic carbocycles. The van der Waals surface area contributed by atoms with Gasteiger partial charge in [-0.3, -0.25) is 4.99 Å². The van der Waals surface area contributed by atoms with Gasteiger partial charge in [0.1, 0.15) is 5.75 Å². The van der Waals surface area contributed by atoms with Crippen molar-refractivity contribution in [3.63, 3.8) is 0 Å². The van der Waals surface area contributed by atoms with Crippen molar-refractivity contribution in [3.8, 4) is 5.75 Å². The molecule has 28 heavy (non-hydrogen) atoms. The molecule has 6 heteroatoms. The molecule has 1 aromatic rings. The van der Waals surface area contributed by atoms with Gasteiger partial charge in [-0.25, -0.2) is 0 Å². The van der Waals surface area contributed by atoms with Crippen LogP contribution in [-0.2, 0) is 0 Å². The third-order valence-corrected chi connectivity index (χ3v) is 5.62. The summed E-state index contributed by atoms with van der Waals surface area (Å²) in [7, 11) is 5.85. The van der Waals surface area contributed by atoms with Gasteiger partial charge in [-0.1, -0.05) is 26.0 Å². The van der Waals surface area contributed by atoms with Crippen molar-refractivity contribution in [2.24, 2.45) is 10.4 Å². The molecule has 0 fully saturated rings. The number of rotatable bonds is 12. The molecule has 1 atom stereocenters. The Hall–Kier alpha value is -1.79. The second kappa shape index (κ2) is 12.6. The van der Waals surface area contributed by atoms with Gasteiger partial charge < -0.3 is 25.4 Å². The fraction of sp³-hybridized carbons (Fsp3) is 0.682. The lowest BCUT2D eigenvalue weighted by atomic mass is 9.79. The highest BCUT2D eigenvalue weighted by Gasteiger charge is 2.25. The monoisotopic (exact) mass is 392 g/mol. The summed E-state index contributed by atoms with van der Waals surface area (Å²) in [4.78, 5) is 7.04. The Kier molecular flexibility index (Phi) is 10.9. The summed E-state index contributed by atoms with van der Waals surface area (Å²) < 4.78 is 5.38. The molecule has 0 aromatic heterocycles. The Morgan fingerprint density at radius 2 is 1.93 bits per heavy atom. The van der Waals surface area contributed by atoms with Crippen LogP contribution >= 0.6 is 0 Å². The van der Waals surface area contributed by atoms with Crippen LogP contribution in [0.15, 0.2) is 29.3 Å². The molecule has 160 valence electrons. The number of aliphatic hydroxyl groups is 1. The second-order valence-electron chi connectivity index (χ2n) is 7.51. The number of benzene rings is 1. The first-order chi connectivity index (χ1) is 13.4. The maximum atomic E-state index is 9.44. The van der Waals surface area contributed by atoms with Crippen molar-refractivity contribution in [3.05, 3.63) is 29.8 Å². The molecule has 0 aliphatic carbocycles. The molecular weight excluding hydrogens is 352 g/mol. The number of ether oxygens (including phenoxy) is 1. The highest BCUT2D eigenvalue weighted by molar-refractivity contribution is 5.79. The van der Waals surface area contributed by atoms with Gasteiger partial charge in [0.15, 0.2) is 5.96 Å². The van der Waals surface area contributed by atoms with E-state index in [0.717, 1.165) is 44.1 Å². The number of aliphatic imine (C=N–C) groups is 1. The zero-order valence-electron chi connectivity index (χ0n) is 18.6. The fourth-order valence-corrected chi connectivity index (χ4v) is 3.37. The molecular formula is C22H40N4O2. The summed E-state index contributed by atoms with van der Waals surface area (Å²) in [5, 5.41) is 16.3. The lowest BCUT2D eigenvalue weighted by Crippen LogP contribution is -2.42. The highest BCUT2D eigenvalue weighted by atomic mass is 16.5. The van der Waals surface area contributed by atoms with Crippen LogP contribution in [0, 0.1) is 5.41 Å². The molecule has 0 bridgehead atoms. The largest absolute Gasteiger partial charge is 0.497 e. The van der Waals surface area contributed by atoms with Crippen LogP contribution in [0.1, 0.15) is 51.6 Å². The SMILES string of the molecule is CCNC(=NCC(CC)(CC)CCO)NCC(c1cccc(OC)c1)N(C)C. The Morgan fingerprint density at radius 1 is 1.21 bits per heavy atom. The van der Waals surface area contributed by atoms with Crippen molar-refractivity contribution >= 4 is 5.96 Å². The molecule has 0 radical (unpaired) electrons. The van der Waals surface area contributed by atoms with Gasteiger partial charge in [0, 0.05) is 26.2 Å². The van der Waals surface area contributed by atoms with E-state index in [1.807, 2.05) is 12.1 Å². The van der Waals surface area contributed by atoms with Crippen molar-refractivity contribution in [1.29, 1.82) is 0 Å². The predicted octanol–water partition coefficient (Wildman–Crippen LogP) is 3.04. The average molecular weight is 393 g/mol. The molecule has 3 N–H and O–H groups in total. The summed E-state index contributed by atoms with van der Waals surface area (Å²) in [6.45, 7) is 8.89. The van der Waals surface area contributed by atoms with Crippen LogP contribution in [0.3, 0.4) is 0 Å². The lowest BCUT2D eigenvalue weighted by Gasteiger charge is -2.30. The number of guanidine groups is 1. The van der Waals surface area contributed by atoms with E-state index in [1.165, 1.54) is 5.56 Å². The van der Waals surface area contributed by atoms with Gasteiger partial charge in [-0.2, -0.15) is 0 Å². The minimum absolute atomic E-state index is 0.0604. The van der Waals surface area contributed by atoms with Gasteiger partial charge in [0.2, 0.25) is 0 Å². The maximum Gasteiger partial charge on any atom is 0.191 e. The summed E-state index contributed by atoms with van der Waals surface area (Å²) in [5.41, 5.74) is 1.26. The van der Waals surface area contributed by atoms with Gasteiger partial charge in [0.25, 0.3) is 0 Å². The van der Waals surface area contributed by atoms with Crippen LogP contribution in [0.2, 0.25) is 0 Å². The molecule has 0 saturated heterocycles. The summed E-state index contributed by atoms with van der Waals surface area (Å²) in [6, 6.07) is 8.38. The summed E-state index contributed by atoms with van der Waals surface area (Å²) in [6.07, 6.45) is 2.81. The minimum Gasteiger partial charge on any atom is -0.497 e. The van der Waals surface area contributed by atoms with Crippen molar-refractivity contribution in [1.82, 2.24) is 15.5 Å². The molecule has 0 heterocycles. The average Bonchev–Trinajstić information content (AvgIpc) is 2.71. The minimum atomic E-state index is 0.0604. The number of aliphatic hydroxyl groups excluding tert-OH is 1. The predicted molar refractivity (Wildman–Crippen MR) is 118 cm³/mol. The second-order valence-corrected chi connectivity index (χ2v) is 7.51. The van der Waals surface area contributed by atoms with Crippen LogP contribution in [0.5, 0.6) is 5.75 Å². The third-order valence-electron chi connectivity index (χ3n) is 5.62. The smallest absolute Gasteiger partial charge is 0.191 e. The van der Waals surface area contributed by atoms with Gasteiger partial charge >= 0.3 is 0 Å². The van der Waals surface area contributed by atoms with E-state index < -0.39 is 0 Å². The van der Waals surface area contributed by atoms with E-state index in [9.17, 15) is 5.11 Å². The molecule has 6 nitrogen and oxygen atoms in total. The first kappa shape index (κ1) is 24.2. The number of likely N-dealkylation sites (N-methyl/N-ethyl adjacent to an activating group) is 1. The summed E-state index contributed by atoms with van der Waals surface area (Å²) >= 11 is 0. The van der Waals surface area contributed by atoms with Crippen molar-refractivity contribution < 1.29 is 9.84 Å². The van der Waals surface area contributed by atoms with E-state index in [4.69, 9.17) is 9.73 Å². The highest BCUT2D eigenvalue weighted by Crippen LogP contribution is 2.30. The molecule has 0 aliphatic rings. The van der Waals surface area contributed by atoms with Crippen LogP contribution in [-0.4, -0.2) is 63.4 Å². The first-order valence-electron chi connectivity index (χ1n) is 10.4. The Balaban J connectivity index is 2.90. The lowest BCUT2D eigenvalue weighted by molar-refractivity contribution is 0.175. The van der Waals surface area contributed by atoms with Crippen molar-refractivity contribution in [2.45, 2.75) is 46.1 Å². The topological polar surface area (TPSA) is 69.1 Å². The molecule has 0 saturated carbocycles. The summed E-state index contributed by atoms with van der Waals surface area (Å²) in [5.74, 6) is 1.69. The van der Waals surface area contributed by atoms with Crippen LogP contribution < -0.4 is 15.4 Å². The van der Waals surface area contributed by atoms with Crippen LogP contribution in [0.4, 0.5) is 0 Å². The molecule has 1 rings (SSSR count). The van der Waals surface area contributed by atoms with E-state index in [1.54, 1.807) is 7.11 Å². The standard InChI is InChI=1S/C22H40N4O2/c1-7-22(8-2,13-14-27)17-25-21(23-9-3)24-16-20(26(4)5)18-11-10-12-19(15-18)28-6/h10-12,15,20,27H,7-9,13-14,16-17H2,1-6H3,(H2,23,24,25). The van der Waals surface area contributed by atoms with Crippen molar-refractivity contribution in [2.75, 3.05) is 47.4 Å². The number of methoxy groups -OCH3 is 1. The Bertz CT molecular complexity index is 586. The molecule has 1 unspecified atom stereocenters. The number of hydrogen-bond donors (Lipinski definition) is 3. The Labute approximate surface area is 171 Å². The maximum absolute atomic E-state index is 9.44. The van der Waals surface area contributed by atoms with Gasteiger partial charge in [-0.05, 0) is 63.4 Å². The zero-order valence-corrected chi connectivity index (χ0v) is 18.6.